The smallest absolute Gasteiger partial charge is 0.0708 e. The molecule has 2 nitrogen and oxygen atoms in total. The van der Waals surface area contributed by atoms with E-state index in [0.29, 0.717) is 12.1 Å². The molecule has 3 heteroatoms. The second-order valence-electron chi connectivity index (χ2n) is 6.35. The van der Waals surface area contributed by atoms with Gasteiger partial charge in [-0.3, -0.25) is 0 Å². The molecule has 1 saturated heterocycles. The molecular weight excluding hydrogens is 314 g/mol. The van der Waals surface area contributed by atoms with Crippen LogP contribution in [0.5, 0.6) is 0 Å². The quantitative estimate of drug-likeness (QED) is 0.867. The predicted molar refractivity (Wildman–Crippen MR) is 85.9 cm³/mol. The molecule has 20 heavy (non-hydrogen) atoms. The van der Waals surface area contributed by atoms with Crippen LogP contribution in [0.2, 0.25) is 0 Å². The number of rotatable bonds is 4. The molecule has 1 aromatic carbocycles. The summed E-state index contributed by atoms with van der Waals surface area (Å²) >= 11 is 3.54. The van der Waals surface area contributed by atoms with E-state index in [0.717, 1.165) is 11.0 Å². The zero-order chi connectivity index (χ0) is 14.0. The van der Waals surface area contributed by atoms with Gasteiger partial charge in [0.15, 0.2) is 0 Å². The number of hydrogen-bond acceptors (Lipinski definition) is 2. The average molecular weight is 338 g/mol. The van der Waals surface area contributed by atoms with E-state index < -0.39 is 0 Å². The first kappa shape index (κ1) is 14.6. The van der Waals surface area contributed by atoms with Gasteiger partial charge in [0, 0.05) is 17.1 Å². The molecule has 1 unspecified atom stereocenters. The third-order valence-electron chi connectivity index (χ3n) is 4.85. The molecule has 110 valence electrons. The van der Waals surface area contributed by atoms with Crippen LogP contribution >= 0.6 is 15.9 Å². The minimum absolute atomic E-state index is 0.255. The van der Waals surface area contributed by atoms with Crippen molar-refractivity contribution in [2.24, 2.45) is 0 Å². The lowest BCUT2D eigenvalue weighted by atomic mass is 9.98. The van der Waals surface area contributed by atoms with Crippen LogP contribution in [0.3, 0.4) is 0 Å². The molecule has 2 atom stereocenters. The maximum Gasteiger partial charge on any atom is 0.0708 e. The highest BCUT2D eigenvalue weighted by Crippen LogP contribution is 2.43. The third-order valence-corrected chi connectivity index (χ3v) is 5.35. The van der Waals surface area contributed by atoms with Crippen LogP contribution in [0.25, 0.3) is 0 Å². The number of ether oxygens (including phenoxy) is 1. The van der Waals surface area contributed by atoms with Gasteiger partial charge < -0.3 is 10.1 Å². The van der Waals surface area contributed by atoms with Gasteiger partial charge in [0.05, 0.1) is 11.7 Å². The fraction of sp³-hybridized carbons (Fsp3) is 0.647. The molecule has 1 N–H and O–H groups in total. The monoisotopic (exact) mass is 337 g/mol. The van der Waals surface area contributed by atoms with Crippen LogP contribution in [0.1, 0.15) is 57.1 Å². The summed E-state index contributed by atoms with van der Waals surface area (Å²) in [6.45, 7) is 3.19. The molecule has 1 aromatic rings. The summed E-state index contributed by atoms with van der Waals surface area (Å²) in [6.07, 6.45) is 8.17. The molecule has 0 radical (unpaired) electrons. The van der Waals surface area contributed by atoms with Gasteiger partial charge in [0.2, 0.25) is 0 Å². The van der Waals surface area contributed by atoms with Gasteiger partial charge in [-0.25, -0.2) is 0 Å². The van der Waals surface area contributed by atoms with Gasteiger partial charge in [0.1, 0.15) is 0 Å². The van der Waals surface area contributed by atoms with Crippen molar-refractivity contribution < 1.29 is 4.74 Å². The highest BCUT2D eigenvalue weighted by atomic mass is 79.9. The summed E-state index contributed by atoms with van der Waals surface area (Å²) in [7, 11) is 0. The first-order valence-electron chi connectivity index (χ1n) is 7.84. The maximum atomic E-state index is 6.35. The van der Waals surface area contributed by atoms with Crippen molar-refractivity contribution in [1.82, 2.24) is 5.32 Å². The van der Waals surface area contributed by atoms with Gasteiger partial charge in [-0.2, -0.15) is 0 Å². The van der Waals surface area contributed by atoms with Crippen LogP contribution in [0.15, 0.2) is 28.7 Å². The highest BCUT2D eigenvalue weighted by molar-refractivity contribution is 9.10. The van der Waals surface area contributed by atoms with E-state index >= 15 is 0 Å². The lowest BCUT2D eigenvalue weighted by Gasteiger charge is -2.24. The van der Waals surface area contributed by atoms with Crippen LogP contribution in [0.4, 0.5) is 0 Å². The van der Waals surface area contributed by atoms with Crippen molar-refractivity contribution in [3.8, 4) is 0 Å². The largest absolute Gasteiger partial charge is 0.370 e. The Kier molecular flexibility index (Phi) is 4.49. The molecule has 0 amide bonds. The van der Waals surface area contributed by atoms with E-state index in [4.69, 9.17) is 4.74 Å². The summed E-state index contributed by atoms with van der Waals surface area (Å²) < 4.78 is 7.49. The summed E-state index contributed by atoms with van der Waals surface area (Å²) in [5.74, 6) is 0. The van der Waals surface area contributed by atoms with Gasteiger partial charge in [-0.05, 0) is 50.3 Å². The van der Waals surface area contributed by atoms with E-state index in [2.05, 4.69) is 52.4 Å². The Morgan fingerprint density at radius 1 is 1.35 bits per heavy atom. The van der Waals surface area contributed by atoms with E-state index in [9.17, 15) is 0 Å². The molecule has 1 aliphatic heterocycles. The Balaban J connectivity index is 1.50. The molecule has 0 aromatic heterocycles. The second-order valence-corrected chi connectivity index (χ2v) is 7.27. The van der Waals surface area contributed by atoms with Crippen molar-refractivity contribution in [2.75, 3.05) is 6.54 Å². The van der Waals surface area contributed by atoms with Crippen LogP contribution in [0, 0.1) is 0 Å². The second kappa shape index (κ2) is 6.17. The molecule has 0 bridgehead atoms. The number of hydrogen-bond donors (Lipinski definition) is 1. The average Bonchev–Trinajstić information content (AvgIpc) is 3.07. The Labute approximate surface area is 130 Å². The fourth-order valence-electron chi connectivity index (χ4n) is 3.63. The highest BCUT2D eigenvalue weighted by Gasteiger charge is 2.41. The van der Waals surface area contributed by atoms with E-state index in [-0.39, 0.29) is 5.60 Å². The number of nitrogens with one attached hydrogen (secondary N) is 1. The van der Waals surface area contributed by atoms with Crippen LogP contribution in [-0.4, -0.2) is 18.2 Å². The molecule has 2 aliphatic rings. The Bertz CT molecular complexity index is 456. The zero-order valence-corrected chi connectivity index (χ0v) is 13.8. The maximum absolute atomic E-state index is 6.35. The van der Waals surface area contributed by atoms with Crippen molar-refractivity contribution >= 4 is 15.9 Å². The third kappa shape index (κ3) is 3.26. The minimum atomic E-state index is 0.255. The fourth-order valence-corrected chi connectivity index (χ4v) is 4.05. The van der Waals surface area contributed by atoms with Crippen molar-refractivity contribution in [3.05, 3.63) is 34.3 Å². The standard InChI is InChI=1S/C17H24BrNO/c1-13(14-5-4-6-15(18)11-14)19-12-16-7-10-17(20-16)8-2-3-9-17/h4-6,11,13,16,19H,2-3,7-10,12H2,1H3/t13-,16?/m1/s1. The van der Waals surface area contributed by atoms with Gasteiger partial charge in [0.25, 0.3) is 0 Å². The molecule has 1 heterocycles. The van der Waals surface area contributed by atoms with E-state index in [1.165, 1.54) is 44.1 Å². The summed E-state index contributed by atoms with van der Waals surface area (Å²) in [4.78, 5) is 0. The zero-order valence-electron chi connectivity index (χ0n) is 12.2. The van der Waals surface area contributed by atoms with Gasteiger partial charge >= 0.3 is 0 Å². The van der Waals surface area contributed by atoms with Crippen molar-refractivity contribution in [3.63, 3.8) is 0 Å². The molecular formula is C17H24BrNO. The Morgan fingerprint density at radius 3 is 2.90 bits per heavy atom. The topological polar surface area (TPSA) is 21.3 Å². The van der Waals surface area contributed by atoms with Gasteiger partial charge in [-0.1, -0.05) is 40.9 Å². The number of halogens is 1. The summed E-state index contributed by atoms with van der Waals surface area (Å²) in [5.41, 5.74) is 1.58. The molecule has 3 rings (SSSR count). The van der Waals surface area contributed by atoms with Gasteiger partial charge in [-0.15, -0.1) is 0 Å². The molecule has 2 fully saturated rings. The molecule has 1 spiro atoms. The normalized spacial score (nSPS) is 26.2. The van der Waals surface area contributed by atoms with E-state index in [1.807, 2.05) is 0 Å². The van der Waals surface area contributed by atoms with Crippen LogP contribution in [-0.2, 0) is 4.74 Å². The lowest BCUT2D eigenvalue weighted by Crippen LogP contribution is -2.32. The molecule has 1 aliphatic carbocycles. The SMILES string of the molecule is C[C@@H](NCC1CCC2(CCCC2)O1)c1cccc(Br)c1. The summed E-state index contributed by atoms with van der Waals surface area (Å²) in [5, 5.41) is 3.63. The Morgan fingerprint density at radius 2 is 2.15 bits per heavy atom. The first-order chi connectivity index (χ1) is 9.67. The van der Waals surface area contributed by atoms with Crippen LogP contribution < -0.4 is 5.32 Å². The van der Waals surface area contributed by atoms with E-state index in [1.54, 1.807) is 0 Å². The number of benzene rings is 1. The van der Waals surface area contributed by atoms with Crippen molar-refractivity contribution in [1.29, 1.82) is 0 Å². The summed E-state index contributed by atoms with van der Waals surface area (Å²) in [6, 6.07) is 8.90. The predicted octanol–water partition coefficient (Wildman–Crippen LogP) is 4.59. The lowest BCUT2D eigenvalue weighted by molar-refractivity contribution is -0.0357. The Hall–Kier alpha value is -0.380. The van der Waals surface area contributed by atoms with Crippen molar-refractivity contribution in [2.45, 2.75) is 63.2 Å². The minimum Gasteiger partial charge on any atom is -0.370 e. The first-order valence-corrected chi connectivity index (χ1v) is 8.63. The molecule has 1 saturated carbocycles.